The lowest BCUT2D eigenvalue weighted by atomic mass is 10.1. The number of carbonyl (C=O) groups excluding carboxylic acids is 1. The molecule has 0 atom stereocenters. The highest BCUT2D eigenvalue weighted by Gasteiger charge is 2.14. The van der Waals surface area contributed by atoms with Gasteiger partial charge in [0.25, 0.3) is 0 Å². The van der Waals surface area contributed by atoms with Crippen LogP contribution in [0.2, 0.25) is 5.02 Å². The fourth-order valence-electron chi connectivity index (χ4n) is 3.76. The summed E-state index contributed by atoms with van der Waals surface area (Å²) >= 11 is 5.95. The molecule has 0 spiro atoms. The third-order valence-electron chi connectivity index (χ3n) is 5.63. The van der Waals surface area contributed by atoms with Gasteiger partial charge in [-0.05, 0) is 36.2 Å². The molecule has 0 unspecified atom stereocenters. The molecule has 170 valence electrons. The first-order chi connectivity index (χ1) is 15.2. The van der Waals surface area contributed by atoms with Crippen molar-refractivity contribution in [1.29, 1.82) is 0 Å². The van der Waals surface area contributed by atoms with Gasteiger partial charge in [-0.25, -0.2) is 4.79 Å². The van der Waals surface area contributed by atoms with Gasteiger partial charge >= 0.3 is 6.03 Å². The molecule has 2 amide bonds. The van der Waals surface area contributed by atoms with Crippen LogP contribution < -0.4 is 5.32 Å². The van der Waals surface area contributed by atoms with Gasteiger partial charge in [0.1, 0.15) is 0 Å². The third-order valence-corrected chi connectivity index (χ3v) is 5.88. The third kappa shape index (κ3) is 11.3. The average molecular weight is 443 g/mol. The van der Waals surface area contributed by atoms with Crippen molar-refractivity contribution in [2.45, 2.75) is 84.1 Å². The first kappa shape index (κ1) is 25.3. The predicted molar refractivity (Wildman–Crippen MR) is 134 cm³/mol. The van der Waals surface area contributed by atoms with Crippen molar-refractivity contribution < 1.29 is 4.79 Å². The Morgan fingerprint density at radius 1 is 0.774 bits per heavy atom. The van der Waals surface area contributed by atoms with Crippen molar-refractivity contribution in [3.05, 3.63) is 65.2 Å². The molecule has 0 radical (unpaired) electrons. The zero-order valence-corrected chi connectivity index (χ0v) is 19.9. The molecular weight excluding hydrogens is 404 g/mol. The van der Waals surface area contributed by atoms with Gasteiger partial charge in [-0.3, -0.25) is 0 Å². The van der Waals surface area contributed by atoms with Gasteiger partial charge in [-0.2, -0.15) is 0 Å². The number of nitrogens with zero attached hydrogens (tertiary/aromatic N) is 1. The van der Waals surface area contributed by atoms with E-state index in [1.807, 2.05) is 35.2 Å². The number of hydrogen-bond acceptors (Lipinski definition) is 1. The van der Waals surface area contributed by atoms with Crippen LogP contribution >= 0.6 is 11.6 Å². The molecule has 0 aliphatic rings. The maximum atomic E-state index is 12.9. The maximum Gasteiger partial charge on any atom is 0.322 e. The van der Waals surface area contributed by atoms with Crippen LogP contribution in [0.1, 0.15) is 83.1 Å². The number of nitrogens with one attached hydrogen (secondary N) is 1. The monoisotopic (exact) mass is 442 g/mol. The highest BCUT2D eigenvalue weighted by atomic mass is 35.5. The van der Waals surface area contributed by atoms with E-state index in [0.717, 1.165) is 24.2 Å². The van der Waals surface area contributed by atoms with Gasteiger partial charge < -0.3 is 10.2 Å². The molecule has 2 aromatic rings. The van der Waals surface area contributed by atoms with E-state index in [1.165, 1.54) is 64.2 Å². The topological polar surface area (TPSA) is 32.3 Å². The van der Waals surface area contributed by atoms with Crippen LogP contribution in [0.5, 0.6) is 0 Å². The molecule has 4 heteroatoms. The lowest BCUT2D eigenvalue weighted by molar-refractivity contribution is 0.207. The van der Waals surface area contributed by atoms with Crippen molar-refractivity contribution in [1.82, 2.24) is 4.90 Å². The predicted octanol–water partition coefficient (Wildman–Crippen LogP) is 8.69. The summed E-state index contributed by atoms with van der Waals surface area (Å²) in [6, 6.07) is 17.4. The molecule has 0 aromatic heterocycles. The summed E-state index contributed by atoms with van der Waals surface area (Å²) < 4.78 is 0. The van der Waals surface area contributed by atoms with E-state index >= 15 is 0 Å². The summed E-state index contributed by atoms with van der Waals surface area (Å²) in [5.74, 6) is 0. The Balaban J connectivity index is 1.72. The molecule has 0 aliphatic carbocycles. The highest BCUT2D eigenvalue weighted by Crippen LogP contribution is 2.16. The number of rotatable bonds is 15. The highest BCUT2D eigenvalue weighted by molar-refractivity contribution is 6.30. The van der Waals surface area contributed by atoms with Crippen LogP contribution in [0.25, 0.3) is 0 Å². The van der Waals surface area contributed by atoms with Gasteiger partial charge in [0.2, 0.25) is 0 Å². The molecule has 0 heterocycles. The van der Waals surface area contributed by atoms with Crippen molar-refractivity contribution in [2.75, 3.05) is 11.9 Å². The average Bonchev–Trinajstić information content (AvgIpc) is 2.79. The number of halogens is 1. The normalized spacial score (nSPS) is 10.8. The molecule has 2 rings (SSSR count). The summed E-state index contributed by atoms with van der Waals surface area (Å²) in [4.78, 5) is 14.8. The quantitative estimate of drug-likeness (QED) is 0.275. The van der Waals surface area contributed by atoms with Crippen LogP contribution in [0, 0.1) is 0 Å². The standard InChI is InChI=1S/C27H39ClN2O/c1-2-3-4-5-6-7-8-9-10-11-15-22-30(23-24-16-13-12-14-17-24)27(31)29-26-20-18-25(28)19-21-26/h12-14,16-21H,2-11,15,22-23H2,1H3,(H,29,31). The van der Waals surface area contributed by atoms with E-state index in [4.69, 9.17) is 11.6 Å². The minimum atomic E-state index is -0.0572. The van der Waals surface area contributed by atoms with Crippen LogP contribution in [0.3, 0.4) is 0 Å². The van der Waals surface area contributed by atoms with Gasteiger partial charge in [0.05, 0.1) is 0 Å². The van der Waals surface area contributed by atoms with Gasteiger partial charge in [0.15, 0.2) is 0 Å². The van der Waals surface area contributed by atoms with Crippen LogP contribution in [0.4, 0.5) is 10.5 Å². The number of amides is 2. The molecule has 2 aromatic carbocycles. The molecular formula is C27H39ClN2O. The molecule has 3 nitrogen and oxygen atoms in total. The smallest absolute Gasteiger partial charge is 0.320 e. The van der Waals surface area contributed by atoms with Gasteiger partial charge in [-0.15, -0.1) is 0 Å². The fraction of sp³-hybridized carbons (Fsp3) is 0.519. The second kappa shape index (κ2) is 15.8. The number of benzene rings is 2. The van der Waals surface area contributed by atoms with Crippen LogP contribution in [-0.4, -0.2) is 17.5 Å². The SMILES string of the molecule is CCCCCCCCCCCCCN(Cc1ccccc1)C(=O)Nc1ccc(Cl)cc1. The molecule has 0 saturated heterocycles. The summed E-state index contributed by atoms with van der Waals surface area (Å²) in [6.45, 7) is 3.66. The largest absolute Gasteiger partial charge is 0.322 e. The number of anilines is 1. The second-order valence-corrected chi connectivity index (χ2v) is 8.82. The number of carbonyl (C=O) groups is 1. The molecule has 1 N–H and O–H groups in total. The van der Waals surface area contributed by atoms with Crippen LogP contribution in [-0.2, 0) is 6.54 Å². The van der Waals surface area contributed by atoms with E-state index in [-0.39, 0.29) is 6.03 Å². The fourth-order valence-corrected chi connectivity index (χ4v) is 3.88. The maximum absolute atomic E-state index is 12.9. The van der Waals surface area contributed by atoms with Crippen molar-refractivity contribution >= 4 is 23.3 Å². The first-order valence-electron chi connectivity index (χ1n) is 12.0. The van der Waals surface area contributed by atoms with Crippen molar-refractivity contribution in [2.24, 2.45) is 0 Å². The lowest BCUT2D eigenvalue weighted by Gasteiger charge is -2.23. The van der Waals surface area contributed by atoms with E-state index in [9.17, 15) is 4.79 Å². The Morgan fingerprint density at radius 3 is 1.90 bits per heavy atom. The van der Waals surface area contributed by atoms with Crippen molar-refractivity contribution in [3.8, 4) is 0 Å². The van der Waals surface area contributed by atoms with Crippen molar-refractivity contribution in [3.63, 3.8) is 0 Å². The summed E-state index contributed by atoms with van der Waals surface area (Å²) in [6.07, 6.45) is 14.4. The molecule has 0 bridgehead atoms. The summed E-state index contributed by atoms with van der Waals surface area (Å²) in [7, 11) is 0. The second-order valence-electron chi connectivity index (χ2n) is 8.38. The molecule has 0 aliphatic heterocycles. The molecule has 0 fully saturated rings. The minimum Gasteiger partial charge on any atom is -0.320 e. The number of unbranched alkanes of at least 4 members (excludes halogenated alkanes) is 10. The minimum absolute atomic E-state index is 0.0572. The first-order valence-corrected chi connectivity index (χ1v) is 12.4. The Morgan fingerprint density at radius 2 is 1.32 bits per heavy atom. The van der Waals surface area contributed by atoms with E-state index < -0.39 is 0 Å². The van der Waals surface area contributed by atoms with E-state index in [0.29, 0.717) is 11.6 Å². The Hall–Kier alpha value is -2.00. The summed E-state index contributed by atoms with van der Waals surface area (Å²) in [5.41, 5.74) is 1.92. The van der Waals surface area contributed by atoms with E-state index in [2.05, 4.69) is 24.4 Å². The number of hydrogen-bond donors (Lipinski definition) is 1. The van der Waals surface area contributed by atoms with Crippen LogP contribution in [0.15, 0.2) is 54.6 Å². The Bertz CT molecular complexity index is 718. The van der Waals surface area contributed by atoms with Gasteiger partial charge in [-0.1, -0.05) is 113 Å². The molecule has 31 heavy (non-hydrogen) atoms. The number of urea groups is 1. The zero-order valence-electron chi connectivity index (χ0n) is 19.1. The molecule has 0 saturated carbocycles. The summed E-state index contributed by atoms with van der Waals surface area (Å²) in [5, 5.41) is 3.67. The van der Waals surface area contributed by atoms with Gasteiger partial charge in [0, 0.05) is 23.8 Å². The Labute approximate surface area is 194 Å². The lowest BCUT2D eigenvalue weighted by Crippen LogP contribution is -2.35. The van der Waals surface area contributed by atoms with E-state index in [1.54, 1.807) is 12.1 Å². The zero-order chi connectivity index (χ0) is 22.2. The Kier molecular flexibility index (Phi) is 12.8.